The maximum absolute atomic E-state index is 13.3. The molecular weight excluding hydrogens is 490 g/mol. The van der Waals surface area contributed by atoms with E-state index in [0.717, 1.165) is 4.90 Å². The van der Waals surface area contributed by atoms with Crippen LogP contribution in [-0.2, 0) is 24.0 Å². The second kappa shape index (κ2) is 9.45. The van der Waals surface area contributed by atoms with Gasteiger partial charge in [0.15, 0.2) is 0 Å². The van der Waals surface area contributed by atoms with Crippen LogP contribution in [-0.4, -0.2) is 97.3 Å². The number of imide groups is 1. The SMILES string of the molecule is CCN1CCN(C(=O)N[C@@H](C(=O)N[C@H]2C(=O)N3[C@@H](C(=O)O)C(C)(C)S[C@@H]23)c2ccccc2)C(=O)C1=O. The smallest absolute Gasteiger partial charge is 0.327 e. The third-order valence-corrected chi connectivity index (χ3v) is 8.14. The van der Waals surface area contributed by atoms with Crippen molar-refractivity contribution in [3.63, 3.8) is 0 Å². The Labute approximate surface area is 211 Å². The highest BCUT2D eigenvalue weighted by molar-refractivity contribution is 8.01. The normalized spacial score (nSPS) is 25.7. The maximum atomic E-state index is 13.3. The molecule has 4 rings (SSSR count). The Balaban J connectivity index is 1.51. The number of piperazine rings is 1. The van der Waals surface area contributed by atoms with Gasteiger partial charge in [0, 0.05) is 24.4 Å². The first-order valence-electron chi connectivity index (χ1n) is 11.5. The van der Waals surface area contributed by atoms with Crippen LogP contribution in [0.2, 0.25) is 0 Å². The van der Waals surface area contributed by atoms with Crippen molar-refractivity contribution in [2.24, 2.45) is 0 Å². The molecule has 0 bridgehead atoms. The zero-order valence-corrected chi connectivity index (χ0v) is 20.8. The average Bonchev–Trinajstić information content (AvgIpc) is 3.10. The predicted molar refractivity (Wildman–Crippen MR) is 127 cm³/mol. The van der Waals surface area contributed by atoms with Crippen molar-refractivity contribution in [2.45, 2.75) is 49.0 Å². The minimum atomic E-state index is -1.26. The van der Waals surface area contributed by atoms with Gasteiger partial charge in [-0.05, 0) is 26.3 Å². The van der Waals surface area contributed by atoms with E-state index in [0.29, 0.717) is 12.1 Å². The number of rotatable bonds is 6. The molecule has 3 saturated heterocycles. The number of hydrogen-bond acceptors (Lipinski definition) is 7. The molecule has 1 aromatic rings. The molecule has 6 amide bonds. The zero-order chi connectivity index (χ0) is 26.4. The zero-order valence-electron chi connectivity index (χ0n) is 20.0. The Kier molecular flexibility index (Phi) is 6.69. The molecule has 3 aliphatic rings. The maximum Gasteiger partial charge on any atom is 0.327 e. The molecule has 1 aromatic carbocycles. The molecule has 192 valence electrons. The highest BCUT2D eigenvalue weighted by Gasteiger charge is 2.64. The van der Waals surface area contributed by atoms with Crippen molar-refractivity contribution in [3.05, 3.63) is 35.9 Å². The van der Waals surface area contributed by atoms with Crippen molar-refractivity contribution < 1.29 is 33.9 Å². The molecule has 4 atom stereocenters. The van der Waals surface area contributed by atoms with Gasteiger partial charge in [0.25, 0.3) is 0 Å². The van der Waals surface area contributed by atoms with Crippen molar-refractivity contribution in [2.75, 3.05) is 19.6 Å². The lowest BCUT2D eigenvalue weighted by molar-refractivity contribution is -0.161. The third-order valence-electron chi connectivity index (χ3n) is 6.57. The quantitative estimate of drug-likeness (QED) is 0.345. The number of nitrogens with one attached hydrogen (secondary N) is 2. The molecule has 0 saturated carbocycles. The summed E-state index contributed by atoms with van der Waals surface area (Å²) >= 11 is 1.28. The summed E-state index contributed by atoms with van der Waals surface area (Å²) in [5.74, 6) is -4.12. The minimum absolute atomic E-state index is 0.0200. The molecule has 0 spiro atoms. The van der Waals surface area contributed by atoms with E-state index >= 15 is 0 Å². The lowest BCUT2D eigenvalue weighted by Crippen LogP contribution is -2.71. The number of thioether (sulfide) groups is 1. The van der Waals surface area contributed by atoms with Crippen LogP contribution in [0.1, 0.15) is 32.4 Å². The molecule has 0 aromatic heterocycles. The number of carboxylic acids is 1. The number of benzene rings is 1. The van der Waals surface area contributed by atoms with E-state index in [1.165, 1.54) is 21.6 Å². The number of urea groups is 1. The van der Waals surface area contributed by atoms with Crippen molar-refractivity contribution in [1.29, 1.82) is 0 Å². The Morgan fingerprint density at radius 1 is 1.11 bits per heavy atom. The Morgan fingerprint density at radius 3 is 2.39 bits per heavy atom. The molecule has 0 aliphatic carbocycles. The van der Waals surface area contributed by atoms with Gasteiger partial charge in [0.2, 0.25) is 11.8 Å². The highest BCUT2D eigenvalue weighted by Crippen LogP contribution is 2.50. The number of amides is 6. The van der Waals surface area contributed by atoms with E-state index in [4.69, 9.17) is 0 Å². The van der Waals surface area contributed by atoms with Gasteiger partial charge in [-0.25, -0.2) is 9.59 Å². The van der Waals surface area contributed by atoms with Crippen LogP contribution in [0.4, 0.5) is 4.79 Å². The van der Waals surface area contributed by atoms with Crippen LogP contribution < -0.4 is 10.6 Å². The summed E-state index contributed by atoms with van der Waals surface area (Å²) in [5, 5.41) is 14.2. The van der Waals surface area contributed by atoms with E-state index in [9.17, 15) is 33.9 Å². The van der Waals surface area contributed by atoms with Gasteiger partial charge < -0.3 is 25.5 Å². The standard InChI is InChI=1S/C23H27N5O7S/c1-4-26-10-11-27(19(32)18(26)31)22(35)25-13(12-8-6-5-7-9-12)16(29)24-14-17(30)28-15(21(33)34)23(2,3)36-20(14)28/h5-9,13-15,20H,4,10-11H2,1-3H3,(H,24,29)(H,25,35)(H,33,34)/t13-,14+,15+,20+/m1/s1. The van der Waals surface area contributed by atoms with Crippen LogP contribution >= 0.6 is 11.8 Å². The minimum Gasteiger partial charge on any atom is -0.480 e. The van der Waals surface area contributed by atoms with Gasteiger partial charge in [-0.15, -0.1) is 11.8 Å². The largest absolute Gasteiger partial charge is 0.480 e. The molecule has 0 unspecified atom stereocenters. The first-order valence-corrected chi connectivity index (χ1v) is 12.3. The summed E-state index contributed by atoms with van der Waals surface area (Å²) in [6.07, 6.45) is 0. The number of fused-ring (bicyclic) bond motifs is 1. The Morgan fingerprint density at radius 2 is 1.78 bits per heavy atom. The summed E-state index contributed by atoms with van der Waals surface area (Å²) in [6, 6.07) is 4.11. The lowest BCUT2D eigenvalue weighted by Gasteiger charge is -2.44. The van der Waals surface area contributed by atoms with Crippen molar-refractivity contribution in [1.82, 2.24) is 25.3 Å². The van der Waals surface area contributed by atoms with Crippen LogP contribution in [0.3, 0.4) is 0 Å². The molecule has 3 N–H and O–H groups in total. The number of carboxylic acid groups (broad SMARTS) is 1. The van der Waals surface area contributed by atoms with E-state index < -0.39 is 63.9 Å². The number of nitrogens with zero attached hydrogens (tertiary/aromatic N) is 3. The van der Waals surface area contributed by atoms with Crippen LogP contribution in [0.25, 0.3) is 0 Å². The van der Waals surface area contributed by atoms with E-state index in [1.54, 1.807) is 51.1 Å². The van der Waals surface area contributed by atoms with Crippen molar-refractivity contribution in [3.8, 4) is 0 Å². The summed E-state index contributed by atoms with van der Waals surface area (Å²) in [6.45, 7) is 5.67. The second-order valence-electron chi connectivity index (χ2n) is 9.22. The molecule has 13 heteroatoms. The van der Waals surface area contributed by atoms with Crippen molar-refractivity contribution >= 4 is 47.4 Å². The fourth-order valence-electron chi connectivity index (χ4n) is 4.70. The van der Waals surface area contributed by atoms with Crippen LogP contribution in [0, 0.1) is 0 Å². The topological polar surface area (TPSA) is 156 Å². The molecule has 0 radical (unpaired) electrons. The van der Waals surface area contributed by atoms with Gasteiger partial charge in [0.1, 0.15) is 23.5 Å². The number of hydrogen-bond donors (Lipinski definition) is 3. The lowest BCUT2D eigenvalue weighted by atomic mass is 9.95. The highest BCUT2D eigenvalue weighted by atomic mass is 32.2. The molecule has 3 heterocycles. The number of carbonyl (C=O) groups is 6. The summed E-state index contributed by atoms with van der Waals surface area (Å²) in [7, 11) is 0. The van der Waals surface area contributed by atoms with E-state index in [2.05, 4.69) is 10.6 Å². The Bertz CT molecular complexity index is 1130. The molecule has 3 aliphatic heterocycles. The number of β-lactam (4-membered cyclic amide) rings is 1. The van der Waals surface area contributed by atoms with E-state index in [-0.39, 0.29) is 13.1 Å². The third kappa shape index (κ3) is 4.27. The summed E-state index contributed by atoms with van der Waals surface area (Å²) in [4.78, 5) is 78.8. The van der Waals surface area contributed by atoms with Crippen LogP contribution in [0.5, 0.6) is 0 Å². The fraction of sp³-hybridized carbons (Fsp3) is 0.478. The van der Waals surface area contributed by atoms with Gasteiger partial charge in [0.05, 0.1) is 0 Å². The van der Waals surface area contributed by atoms with Crippen LogP contribution in [0.15, 0.2) is 30.3 Å². The predicted octanol–water partition coefficient (Wildman–Crippen LogP) is -0.240. The summed E-state index contributed by atoms with van der Waals surface area (Å²) in [5.41, 5.74) is 0.403. The second-order valence-corrected chi connectivity index (χ2v) is 11.0. The van der Waals surface area contributed by atoms with Gasteiger partial charge >= 0.3 is 23.8 Å². The number of carbonyl (C=O) groups excluding carboxylic acids is 5. The first kappa shape index (κ1) is 25.5. The van der Waals surface area contributed by atoms with Gasteiger partial charge in [-0.2, -0.15) is 0 Å². The monoisotopic (exact) mass is 517 g/mol. The average molecular weight is 518 g/mol. The molecule has 36 heavy (non-hydrogen) atoms. The summed E-state index contributed by atoms with van der Waals surface area (Å²) < 4.78 is -0.758. The molecule has 12 nitrogen and oxygen atoms in total. The Hall–Kier alpha value is -3.61. The number of likely N-dealkylation sites (N-methyl/N-ethyl adjacent to an activating group) is 1. The number of aliphatic carboxylic acids is 1. The fourth-order valence-corrected chi connectivity index (χ4v) is 6.32. The molecule has 3 fully saturated rings. The van der Waals surface area contributed by atoms with Gasteiger partial charge in [-0.3, -0.25) is 24.1 Å². The molecular formula is C23H27N5O7S. The van der Waals surface area contributed by atoms with E-state index in [1.807, 2.05) is 0 Å². The van der Waals surface area contributed by atoms with Gasteiger partial charge in [-0.1, -0.05) is 30.3 Å². The first-order chi connectivity index (χ1) is 17.0.